The van der Waals surface area contributed by atoms with Crippen LogP contribution in [-0.2, 0) is 10.0 Å². The molecule has 1 N–H and O–H groups in total. The van der Waals surface area contributed by atoms with Gasteiger partial charge in [0.05, 0.1) is 10.7 Å². The maximum atomic E-state index is 13.6. The van der Waals surface area contributed by atoms with Crippen molar-refractivity contribution in [3.63, 3.8) is 0 Å². The van der Waals surface area contributed by atoms with Gasteiger partial charge in [-0.3, -0.25) is 4.72 Å². The van der Waals surface area contributed by atoms with E-state index in [9.17, 15) is 12.8 Å². The second-order valence-corrected chi connectivity index (χ2v) is 6.66. The smallest absolute Gasteiger partial charge is 0.263 e. The van der Waals surface area contributed by atoms with Crippen molar-refractivity contribution in [3.05, 3.63) is 57.8 Å². The van der Waals surface area contributed by atoms with Gasteiger partial charge in [0.1, 0.15) is 10.7 Å². The fourth-order valence-corrected chi connectivity index (χ4v) is 3.43. The van der Waals surface area contributed by atoms with Crippen molar-refractivity contribution >= 4 is 38.9 Å². The maximum absolute atomic E-state index is 13.6. The molecule has 2 rings (SSSR count). The van der Waals surface area contributed by atoms with Crippen LogP contribution in [-0.4, -0.2) is 8.42 Å². The predicted octanol–water partition coefficient (Wildman–Crippen LogP) is 4.24. The predicted molar refractivity (Wildman–Crippen MR) is 78.4 cm³/mol. The van der Waals surface area contributed by atoms with Crippen molar-refractivity contribution in [2.75, 3.05) is 4.72 Å². The van der Waals surface area contributed by atoms with Crippen LogP contribution in [0.2, 0.25) is 10.0 Å². The van der Waals surface area contributed by atoms with E-state index in [-0.39, 0.29) is 20.6 Å². The van der Waals surface area contributed by atoms with E-state index in [2.05, 4.69) is 4.72 Å². The number of rotatable bonds is 3. The van der Waals surface area contributed by atoms with Gasteiger partial charge >= 0.3 is 0 Å². The van der Waals surface area contributed by atoms with Crippen LogP contribution < -0.4 is 4.72 Å². The summed E-state index contributed by atoms with van der Waals surface area (Å²) in [5.41, 5.74) is 0.594. The number of sulfonamides is 1. The van der Waals surface area contributed by atoms with Gasteiger partial charge in [0.2, 0.25) is 0 Å². The van der Waals surface area contributed by atoms with Crippen LogP contribution >= 0.6 is 23.2 Å². The first kappa shape index (κ1) is 15.1. The van der Waals surface area contributed by atoms with E-state index in [1.54, 1.807) is 13.0 Å². The number of nitrogens with one attached hydrogen (secondary N) is 1. The molecule has 0 aliphatic carbocycles. The third-order valence-electron chi connectivity index (χ3n) is 2.55. The van der Waals surface area contributed by atoms with Gasteiger partial charge in [0, 0.05) is 5.02 Å². The normalized spacial score (nSPS) is 11.4. The summed E-state index contributed by atoms with van der Waals surface area (Å²) in [4.78, 5) is -0.121. The molecule has 0 spiro atoms. The van der Waals surface area contributed by atoms with Gasteiger partial charge < -0.3 is 0 Å². The minimum Gasteiger partial charge on any atom is -0.277 e. The average Bonchev–Trinajstić information content (AvgIpc) is 2.33. The Morgan fingerprint density at radius 1 is 1.10 bits per heavy atom. The van der Waals surface area contributed by atoms with Crippen molar-refractivity contribution < 1.29 is 12.8 Å². The highest BCUT2D eigenvalue weighted by atomic mass is 35.5. The van der Waals surface area contributed by atoms with E-state index in [4.69, 9.17) is 23.2 Å². The molecule has 2 aromatic rings. The van der Waals surface area contributed by atoms with Crippen molar-refractivity contribution in [2.24, 2.45) is 0 Å². The molecule has 2 aromatic carbocycles. The largest absolute Gasteiger partial charge is 0.277 e. The van der Waals surface area contributed by atoms with Crippen molar-refractivity contribution in [1.82, 2.24) is 0 Å². The Bertz CT molecular complexity index is 763. The molecule has 3 nitrogen and oxygen atoms in total. The molecule has 0 amide bonds. The van der Waals surface area contributed by atoms with E-state index in [0.29, 0.717) is 0 Å². The number of benzene rings is 2. The lowest BCUT2D eigenvalue weighted by Crippen LogP contribution is -2.14. The third kappa shape index (κ3) is 3.23. The van der Waals surface area contributed by atoms with Crippen molar-refractivity contribution in [2.45, 2.75) is 11.8 Å². The van der Waals surface area contributed by atoms with E-state index < -0.39 is 15.8 Å². The molecule has 0 fully saturated rings. The van der Waals surface area contributed by atoms with Gasteiger partial charge in [-0.25, -0.2) is 12.8 Å². The van der Waals surface area contributed by atoms with Crippen LogP contribution in [0, 0.1) is 12.7 Å². The minimum atomic E-state index is -3.98. The summed E-state index contributed by atoms with van der Waals surface area (Å²) >= 11 is 11.6. The van der Waals surface area contributed by atoms with Gasteiger partial charge in [-0.15, -0.1) is 0 Å². The monoisotopic (exact) mass is 333 g/mol. The lowest BCUT2D eigenvalue weighted by molar-refractivity contribution is 0.598. The molecule has 0 radical (unpaired) electrons. The molecule has 7 heteroatoms. The fourth-order valence-electron chi connectivity index (χ4n) is 1.60. The zero-order valence-corrected chi connectivity index (χ0v) is 12.7. The first-order chi connectivity index (χ1) is 9.29. The molecular weight excluding hydrogens is 324 g/mol. The van der Waals surface area contributed by atoms with E-state index in [1.807, 2.05) is 0 Å². The Kier molecular flexibility index (Phi) is 4.22. The molecule has 20 heavy (non-hydrogen) atoms. The maximum Gasteiger partial charge on any atom is 0.263 e. The second-order valence-electron chi connectivity index (χ2n) is 4.16. The zero-order chi connectivity index (χ0) is 14.9. The Morgan fingerprint density at radius 3 is 2.45 bits per heavy atom. The van der Waals surface area contributed by atoms with E-state index >= 15 is 0 Å². The molecule has 0 aliphatic rings. The molecule has 0 aromatic heterocycles. The number of aryl methyl sites for hydroxylation is 1. The van der Waals surface area contributed by atoms with Gasteiger partial charge in [-0.1, -0.05) is 29.3 Å². The van der Waals surface area contributed by atoms with E-state index in [1.165, 1.54) is 24.3 Å². The highest BCUT2D eigenvalue weighted by molar-refractivity contribution is 7.92. The van der Waals surface area contributed by atoms with Gasteiger partial charge in [-0.05, 0) is 42.8 Å². The quantitative estimate of drug-likeness (QED) is 0.912. The molecule has 0 atom stereocenters. The zero-order valence-electron chi connectivity index (χ0n) is 10.3. The van der Waals surface area contributed by atoms with Crippen LogP contribution in [0.1, 0.15) is 5.56 Å². The fraction of sp³-hybridized carbons (Fsp3) is 0.0769. The SMILES string of the molecule is Cc1ccc(S(=O)(=O)Nc2cc(Cl)ccc2F)c(Cl)c1. The summed E-state index contributed by atoms with van der Waals surface area (Å²) in [5, 5.41) is 0.291. The van der Waals surface area contributed by atoms with Gasteiger partial charge in [0.25, 0.3) is 10.0 Å². The molecule has 0 bridgehead atoms. The number of halogens is 3. The Hall–Kier alpha value is -1.30. The van der Waals surface area contributed by atoms with Gasteiger partial charge in [-0.2, -0.15) is 0 Å². The molecular formula is C13H10Cl2FNO2S. The second kappa shape index (κ2) is 5.60. The van der Waals surface area contributed by atoms with Crippen molar-refractivity contribution in [3.8, 4) is 0 Å². The summed E-state index contributed by atoms with van der Waals surface area (Å²) in [6.45, 7) is 1.78. The highest BCUT2D eigenvalue weighted by Crippen LogP contribution is 2.27. The Morgan fingerprint density at radius 2 is 1.80 bits per heavy atom. The third-order valence-corrected chi connectivity index (χ3v) is 4.63. The lowest BCUT2D eigenvalue weighted by atomic mass is 10.2. The summed E-state index contributed by atoms with van der Waals surface area (Å²) in [6, 6.07) is 8.09. The van der Waals surface area contributed by atoms with Crippen LogP contribution in [0.25, 0.3) is 0 Å². The first-order valence-corrected chi connectivity index (χ1v) is 7.77. The molecule has 0 aliphatic heterocycles. The van der Waals surface area contributed by atoms with Gasteiger partial charge in [0.15, 0.2) is 0 Å². The topological polar surface area (TPSA) is 46.2 Å². The summed E-state index contributed by atoms with van der Waals surface area (Å²) in [5.74, 6) is -0.721. The van der Waals surface area contributed by atoms with Crippen LogP contribution in [0.3, 0.4) is 0 Å². The average molecular weight is 334 g/mol. The molecule has 0 saturated carbocycles. The van der Waals surface area contributed by atoms with E-state index in [0.717, 1.165) is 11.6 Å². The number of anilines is 1. The van der Waals surface area contributed by atoms with Crippen LogP contribution in [0.5, 0.6) is 0 Å². The van der Waals surface area contributed by atoms with Crippen LogP contribution in [0.15, 0.2) is 41.3 Å². The van der Waals surface area contributed by atoms with Crippen LogP contribution in [0.4, 0.5) is 10.1 Å². The summed E-state index contributed by atoms with van der Waals surface area (Å²) < 4.78 is 40.1. The molecule has 0 saturated heterocycles. The van der Waals surface area contributed by atoms with Crippen molar-refractivity contribution in [1.29, 1.82) is 0 Å². The minimum absolute atomic E-state index is 0.0694. The Balaban J connectivity index is 2.43. The molecule has 0 unspecified atom stereocenters. The standard InChI is InChI=1S/C13H10Cl2FNO2S/c1-8-2-5-13(10(15)6-8)20(18,19)17-12-7-9(14)3-4-11(12)16/h2-7,17H,1H3. The summed E-state index contributed by atoms with van der Waals surface area (Å²) in [6.07, 6.45) is 0. The highest BCUT2D eigenvalue weighted by Gasteiger charge is 2.19. The Labute approximate surface area is 126 Å². The molecule has 0 heterocycles. The lowest BCUT2D eigenvalue weighted by Gasteiger charge is -2.11. The summed E-state index contributed by atoms with van der Waals surface area (Å²) in [7, 11) is -3.98. The molecule has 106 valence electrons. The first-order valence-electron chi connectivity index (χ1n) is 5.53. The number of hydrogen-bond acceptors (Lipinski definition) is 2. The number of hydrogen-bond donors (Lipinski definition) is 1.